The van der Waals surface area contributed by atoms with Crippen molar-refractivity contribution in [3.05, 3.63) is 0 Å². The number of hydrogen-bond acceptors (Lipinski definition) is 3. The molecule has 114 valence electrons. The minimum Gasteiger partial charge on any atom is -0.382 e. The molecule has 0 saturated carbocycles. The second-order valence-electron chi connectivity index (χ2n) is 6.60. The number of nitrogens with one attached hydrogen (secondary N) is 1. The summed E-state index contributed by atoms with van der Waals surface area (Å²) in [6.07, 6.45) is 3.65. The zero-order chi connectivity index (χ0) is 14.3. The Kier molecular flexibility index (Phi) is 7.33. The maximum Gasteiger partial charge on any atom is 0.0478 e. The summed E-state index contributed by atoms with van der Waals surface area (Å²) in [6, 6.07) is 0.696. The Labute approximate surface area is 120 Å². The van der Waals surface area contributed by atoms with Gasteiger partial charge >= 0.3 is 0 Å². The molecule has 0 spiro atoms. The zero-order valence-electron chi connectivity index (χ0n) is 13.7. The first-order chi connectivity index (χ1) is 9.00. The number of nitrogens with zero attached hydrogens (tertiary/aromatic N) is 1. The van der Waals surface area contributed by atoms with Gasteiger partial charge in [0.1, 0.15) is 0 Å². The van der Waals surface area contributed by atoms with Crippen molar-refractivity contribution in [3.8, 4) is 0 Å². The Balaban J connectivity index is 2.50. The summed E-state index contributed by atoms with van der Waals surface area (Å²) in [4.78, 5) is 2.69. The summed E-state index contributed by atoms with van der Waals surface area (Å²) in [6.45, 7) is 16.6. The molecule has 1 fully saturated rings. The first-order valence-corrected chi connectivity index (χ1v) is 8.07. The standard InChI is InChI=1S/C16H34N2O/c1-6-16(5)13-18(9-8-10-19-7-2)15(12-17-16)11-14(3)4/h14-15,17H,6-13H2,1-5H3. The molecule has 1 saturated heterocycles. The van der Waals surface area contributed by atoms with E-state index >= 15 is 0 Å². The topological polar surface area (TPSA) is 24.5 Å². The highest BCUT2D eigenvalue weighted by Gasteiger charge is 2.34. The highest BCUT2D eigenvalue weighted by Crippen LogP contribution is 2.22. The van der Waals surface area contributed by atoms with E-state index in [0.29, 0.717) is 11.6 Å². The summed E-state index contributed by atoms with van der Waals surface area (Å²) in [7, 11) is 0. The van der Waals surface area contributed by atoms with E-state index < -0.39 is 0 Å². The van der Waals surface area contributed by atoms with Crippen LogP contribution in [0.4, 0.5) is 0 Å². The van der Waals surface area contributed by atoms with E-state index in [-0.39, 0.29) is 0 Å². The van der Waals surface area contributed by atoms with Crippen molar-refractivity contribution in [3.63, 3.8) is 0 Å². The van der Waals surface area contributed by atoms with E-state index in [9.17, 15) is 0 Å². The van der Waals surface area contributed by atoms with Crippen LogP contribution in [0.1, 0.15) is 53.9 Å². The summed E-state index contributed by atoms with van der Waals surface area (Å²) in [5.41, 5.74) is 0.291. The van der Waals surface area contributed by atoms with Gasteiger partial charge in [-0.1, -0.05) is 20.8 Å². The van der Waals surface area contributed by atoms with Gasteiger partial charge in [-0.25, -0.2) is 0 Å². The highest BCUT2D eigenvalue weighted by molar-refractivity contribution is 4.94. The van der Waals surface area contributed by atoms with Gasteiger partial charge in [0.05, 0.1) is 0 Å². The van der Waals surface area contributed by atoms with Crippen LogP contribution in [0.5, 0.6) is 0 Å². The minimum absolute atomic E-state index is 0.291. The summed E-state index contributed by atoms with van der Waals surface area (Å²) in [5, 5.41) is 3.76. The van der Waals surface area contributed by atoms with Crippen LogP contribution in [0.2, 0.25) is 0 Å². The SMILES string of the molecule is CCOCCCN1CC(C)(CC)NCC1CC(C)C. The molecular formula is C16H34N2O. The summed E-state index contributed by atoms with van der Waals surface area (Å²) in [5.74, 6) is 0.771. The molecule has 2 atom stereocenters. The second-order valence-corrected chi connectivity index (χ2v) is 6.60. The van der Waals surface area contributed by atoms with Gasteiger partial charge in [0, 0.05) is 44.4 Å². The Bertz CT molecular complexity index is 245. The van der Waals surface area contributed by atoms with Crippen LogP contribution >= 0.6 is 0 Å². The lowest BCUT2D eigenvalue weighted by atomic mass is 9.90. The maximum absolute atomic E-state index is 5.48. The van der Waals surface area contributed by atoms with Gasteiger partial charge in [-0.05, 0) is 39.0 Å². The first-order valence-electron chi connectivity index (χ1n) is 8.07. The van der Waals surface area contributed by atoms with Gasteiger partial charge in [0.15, 0.2) is 0 Å². The van der Waals surface area contributed by atoms with Crippen LogP contribution < -0.4 is 5.32 Å². The van der Waals surface area contributed by atoms with E-state index in [1.165, 1.54) is 25.9 Å². The van der Waals surface area contributed by atoms with Crippen molar-refractivity contribution in [1.29, 1.82) is 0 Å². The van der Waals surface area contributed by atoms with Gasteiger partial charge in [0.25, 0.3) is 0 Å². The first kappa shape index (κ1) is 16.9. The average Bonchev–Trinajstić information content (AvgIpc) is 2.37. The van der Waals surface area contributed by atoms with Crippen LogP contribution in [0.25, 0.3) is 0 Å². The lowest BCUT2D eigenvalue weighted by Gasteiger charge is -2.46. The van der Waals surface area contributed by atoms with Crippen molar-refractivity contribution in [2.45, 2.75) is 65.5 Å². The number of piperazine rings is 1. The summed E-state index contributed by atoms with van der Waals surface area (Å²) >= 11 is 0. The second kappa shape index (κ2) is 8.23. The molecule has 0 amide bonds. The van der Waals surface area contributed by atoms with Crippen molar-refractivity contribution in [2.75, 3.05) is 32.8 Å². The fraction of sp³-hybridized carbons (Fsp3) is 1.00. The van der Waals surface area contributed by atoms with Gasteiger partial charge in [-0.3, -0.25) is 4.90 Å². The molecule has 0 bridgehead atoms. The van der Waals surface area contributed by atoms with Crippen LogP contribution in [-0.4, -0.2) is 49.3 Å². The van der Waals surface area contributed by atoms with E-state index in [1.54, 1.807) is 0 Å². The van der Waals surface area contributed by atoms with Gasteiger partial charge in [-0.15, -0.1) is 0 Å². The molecule has 0 aromatic carbocycles. The van der Waals surface area contributed by atoms with Crippen molar-refractivity contribution >= 4 is 0 Å². The quantitative estimate of drug-likeness (QED) is 0.686. The molecule has 1 aliphatic rings. The van der Waals surface area contributed by atoms with Gasteiger partial charge < -0.3 is 10.1 Å². The third-order valence-electron chi connectivity index (χ3n) is 4.29. The predicted molar refractivity (Wildman–Crippen MR) is 82.6 cm³/mol. The predicted octanol–water partition coefficient (Wildman–Crippen LogP) is 2.90. The fourth-order valence-corrected chi connectivity index (χ4v) is 2.92. The fourth-order valence-electron chi connectivity index (χ4n) is 2.92. The lowest BCUT2D eigenvalue weighted by molar-refractivity contribution is 0.0595. The minimum atomic E-state index is 0.291. The molecule has 0 radical (unpaired) electrons. The number of hydrogen-bond donors (Lipinski definition) is 1. The van der Waals surface area contributed by atoms with E-state index in [4.69, 9.17) is 4.74 Å². The number of ether oxygens (including phenoxy) is 1. The Morgan fingerprint density at radius 2 is 2.11 bits per heavy atom. The average molecular weight is 270 g/mol. The van der Waals surface area contributed by atoms with Crippen LogP contribution in [-0.2, 0) is 4.74 Å². The lowest BCUT2D eigenvalue weighted by Crippen LogP contribution is -2.63. The molecule has 0 aromatic rings. The molecule has 1 rings (SSSR count). The molecule has 3 nitrogen and oxygen atoms in total. The van der Waals surface area contributed by atoms with Gasteiger partial charge in [0.2, 0.25) is 0 Å². The van der Waals surface area contributed by atoms with Crippen LogP contribution in [0, 0.1) is 5.92 Å². The zero-order valence-corrected chi connectivity index (χ0v) is 13.7. The van der Waals surface area contributed by atoms with Crippen molar-refractivity contribution < 1.29 is 4.74 Å². The van der Waals surface area contributed by atoms with Crippen molar-refractivity contribution in [2.24, 2.45) is 5.92 Å². The molecule has 1 aliphatic heterocycles. The molecule has 0 aliphatic carbocycles. The van der Waals surface area contributed by atoms with E-state index in [1.807, 2.05) is 0 Å². The largest absolute Gasteiger partial charge is 0.382 e. The third kappa shape index (κ3) is 5.80. The highest BCUT2D eigenvalue weighted by atomic mass is 16.5. The Morgan fingerprint density at radius 1 is 1.37 bits per heavy atom. The smallest absolute Gasteiger partial charge is 0.0478 e. The van der Waals surface area contributed by atoms with E-state index in [0.717, 1.165) is 32.1 Å². The van der Waals surface area contributed by atoms with Crippen molar-refractivity contribution in [1.82, 2.24) is 10.2 Å². The third-order valence-corrected chi connectivity index (χ3v) is 4.29. The van der Waals surface area contributed by atoms with Crippen LogP contribution in [0.15, 0.2) is 0 Å². The summed E-state index contributed by atoms with van der Waals surface area (Å²) < 4.78 is 5.48. The maximum atomic E-state index is 5.48. The molecule has 19 heavy (non-hydrogen) atoms. The number of rotatable bonds is 8. The Morgan fingerprint density at radius 3 is 2.68 bits per heavy atom. The molecule has 3 heteroatoms. The molecule has 1 heterocycles. The normalized spacial score (nSPS) is 29.1. The van der Waals surface area contributed by atoms with Crippen LogP contribution in [0.3, 0.4) is 0 Å². The van der Waals surface area contributed by atoms with E-state index in [2.05, 4.69) is 44.8 Å². The molecule has 1 N–H and O–H groups in total. The molecule has 2 unspecified atom stereocenters. The molecule has 0 aromatic heterocycles. The van der Waals surface area contributed by atoms with Gasteiger partial charge in [-0.2, -0.15) is 0 Å². The Hall–Kier alpha value is -0.120. The molecular weight excluding hydrogens is 236 g/mol. The monoisotopic (exact) mass is 270 g/mol.